The van der Waals surface area contributed by atoms with E-state index in [1.54, 1.807) is 24.3 Å². The van der Waals surface area contributed by atoms with Crippen LogP contribution in [0.15, 0.2) is 48.5 Å². The van der Waals surface area contributed by atoms with Crippen LogP contribution in [0.5, 0.6) is 0 Å². The number of nitrogens with one attached hydrogen (secondary N) is 1. The van der Waals surface area contributed by atoms with Gasteiger partial charge in [0.15, 0.2) is 0 Å². The van der Waals surface area contributed by atoms with Gasteiger partial charge in [0.2, 0.25) is 11.8 Å². The smallest absolute Gasteiger partial charge is 0.307 e. The van der Waals surface area contributed by atoms with E-state index in [1.165, 1.54) is 7.11 Å². The molecular weight excluding hydrogens is 372 g/mol. The Kier molecular flexibility index (Phi) is 6.07. The number of aryl methyl sites for hydroxylation is 1. The number of hydrogen-bond acceptors (Lipinski definition) is 5. The largest absolute Gasteiger partial charge is 0.469 e. The van der Waals surface area contributed by atoms with E-state index in [-0.39, 0.29) is 37.0 Å². The Balaban J connectivity index is 1.76. The number of hydrogen-bond donors (Lipinski definition) is 1. The van der Waals surface area contributed by atoms with Crippen LogP contribution in [0, 0.1) is 6.92 Å². The zero-order valence-electron chi connectivity index (χ0n) is 16.3. The van der Waals surface area contributed by atoms with Crippen LogP contribution in [0.25, 0.3) is 0 Å². The number of ether oxygens (including phenoxy) is 1. The number of amides is 3. The van der Waals surface area contributed by atoms with E-state index in [1.807, 2.05) is 31.2 Å². The van der Waals surface area contributed by atoms with E-state index in [2.05, 4.69) is 5.32 Å². The SMILES string of the molecule is COC(=O)C[C@H](NC(=O)c1ccc(N2C(=O)CCC2=O)cc1)c1ccc(C)cc1. The normalized spacial score (nSPS) is 14.6. The molecule has 0 spiro atoms. The van der Waals surface area contributed by atoms with Crippen molar-refractivity contribution in [1.29, 1.82) is 0 Å². The quantitative estimate of drug-likeness (QED) is 0.601. The van der Waals surface area contributed by atoms with Gasteiger partial charge in [0.25, 0.3) is 5.91 Å². The third kappa shape index (κ3) is 4.68. The Morgan fingerprint density at radius 2 is 1.59 bits per heavy atom. The predicted molar refractivity (Wildman–Crippen MR) is 106 cm³/mol. The monoisotopic (exact) mass is 394 g/mol. The number of benzene rings is 2. The van der Waals surface area contributed by atoms with Crippen molar-refractivity contribution in [2.45, 2.75) is 32.2 Å². The molecule has 1 fully saturated rings. The minimum absolute atomic E-state index is 0.000165. The Hall–Kier alpha value is -3.48. The van der Waals surface area contributed by atoms with E-state index in [4.69, 9.17) is 4.74 Å². The molecule has 29 heavy (non-hydrogen) atoms. The van der Waals surface area contributed by atoms with Crippen LogP contribution in [-0.4, -0.2) is 30.8 Å². The van der Waals surface area contributed by atoms with E-state index >= 15 is 0 Å². The molecule has 0 saturated carbocycles. The Labute approximate surface area is 168 Å². The highest BCUT2D eigenvalue weighted by Crippen LogP contribution is 2.24. The first kappa shape index (κ1) is 20.3. The molecule has 1 saturated heterocycles. The number of rotatable bonds is 6. The molecule has 7 nitrogen and oxygen atoms in total. The van der Waals surface area contributed by atoms with Crippen LogP contribution in [-0.2, 0) is 19.1 Å². The topological polar surface area (TPSA) is 92.8 Å². The highest BCUT2D eigenvalue weighted by molar-refractivity contribution is 6.19. The highest BCUT2D eigenvalue weighted by atomic mass is 16.5. The molecule has 3 amide bonds. The zero-order chi connectivity index (χ0) is 21.0. The number of carbonyl (C=O) groups is 4. The van der Waals surface area contributed by atoms with Gasteiger partial charge in [0.1, 0.15) is 0 Å². The molecule has 7 heteroatoms. The van der Waals surface area contributed by atoms with Crippen molar-refractivity contribution >= 4 is 29.4 Å². The molecule has 0 radical (unpaired) electrons. The molecule has 1 N–H and O–H groups in total. The van der Waals surface area contributed by atoms with Crippen LogP contribution in [0.4, 0.5) is 5.69 Å². The number of methoxy groups -OCH3 is 1. The zero-order valence-corrected chi connectivity index (χ0v) is 16.3. The maximum absolute atomic E-state index is 12.7. The number of imide groups is 1. The number of carbonyl (C=O) groups excluding carboxylic acids is 4. The molecule has 150 valence electrons. The third-order valence-corrected chi connectivity index (χ3v) is 4.82. The van der Waals surface area contributed by atoms with E-state index in [9.17, 15) is 19.2 Å². The molecule has 3 rings (SSSR count). The summed E-state index contributed by atoms with van der Waals surface area (Å²) >= 11 is 0. The second-order valence-electron chi connectivity index (χ2n) is 6.89. The van der Waals surface area contributed by atoms with Crippen LogP contribution in [0.1, 0.15) is 46.8 Å². The summed E-state index contributed by atoms with van der Waals surface area (Å²) in [5.74, 6) is -1.29. The lowest BCUT2D eigenvalue weighted by molar-refractivity contribution is -0.141. The van der Waals surface area contributed by atoms with Gasteiger partial charge in [-0.2, -0.15) is 0 Å². The summed E-state index contributed by atoms with van der Waals surface area (Å²) in [6.07, 6.45) is 0.403. The molecule has 1 aliphatic rings. The van der Waals surface area contributed by atoms with Gasteiger partial charge in [-0.05, 0) is 36.8 Å². The molecule has 1 heterocycles. The number of esters is 1. The minimum Gasteiger partial charge on any atom is -0.469 e. The van der Waals surface area contributed by atoms with Gasteiger partial charge in [-0.15, -0.1) is 0 Å². The van der Waals surface area contributed by atoms with Gasteiger partial charge in [0.05, 0.1) is 25.3 Å². The minimum atomic E-state index is -0.544. The Morgan fingerprint density at radius 3 is 2.14 bits per heavy atom. The van der Waals surface area contributed by atoms with Crippen molar-refractivity contribution < 1.29 is 23.9 Å². The average molecular weight is 394 g/mol. The van der Waals surface area contributed by atoms with Crippen molar-refractivity contribution in [3.8, 4) is 0 Å². The van der Waals surface area contributed by atoms with Gasteiger partial charge < -0.3 is 10.1 Å². The second kappa shape index (κ2) is 8.68. The Morgan fingerprint density at radius 1 is 1.00 bits per heavy atom. The molecule has 2 aromatic carbocycles. The van der Waals surface area contributed by atoms with E-state index in [0.29, 0.717) is 11.3 Å². The molecule has 0 aromatic heterocycles. The van der Waals surface area contributed by atoms with Gasteiger partial charge in [-0.1, -0.05) is 29.8 Å². The van der Waals surface area contributed by atoms with Gasteiger partial charge in [-0.3, -0.25) is 24.1 Å². The van der Waals surface area contributed by atoms with E-state index in [0.717, 1.165) is 16.0 Å². The highest BCUT2D eigenvalue weighted by Gasteiger charge is 2.30. The molecule has 1 aliphatic heterocycles. The van der Waals surface area contributed by atoms with Crippen LogP contribution < -0.4 is 10.2 Å². The van der Waals surface area contributed by atoms with Crippen molar-refractivity contribution in [1.82, 2.24) is 5.32 Å². The number of anilines is 1. The molecule has 0 bridgehead atoms. The van der Waals surface area contributed by atoms with Gasteiger partial charge >= 0.3 is 5.97 Å². The average Bonchev–Trinajstić information content (AvgIpc) is 3.06. The summed E-state index contributed by atoms with van der Waals surface area (Å²) < 4.78 is 4.75. The van der Waals surface area contributed by atoms with Crippen LogP contribution in [0.2, 0.25) is 0 Å². The number of nitrogens with zero attached hydrogens (tertiary/aromatic N) is 1. The molecule has 2 aromatic rings. The lowest BCUT2D eigenvalue weighted by Crippen LogP contribution is -2.31. The summed E-state index contributed by atoms with van der Waals surface area (Å²) in [6.45, 7) is 1.95. The van der Waals surface area contributed by atoms with Gasteiger partial charge in [0, 0.05) is 18.4 Å². The fourth-order valence-corrected chi connectivity index (χ4v) is 3.17. The molecule has 0 unspecified atom stereocenters. The predicted octanol–water partition coefficient (Wildman–Crippen LogP) is 2.68. The standard InChI is InChI=1S/C22H22N2O5/c1-14-3-5-15(6-4-14)18(13-21(27)29-2)23-22(28)16-7-9-17(10-8-16)24-19(25)11-12-20(24)26/h3-10,18H,11-13H2,1-2H3,(H,23,28)/t18-/m0/s1. The first-order chi connectivity index (χ1) is 13.9. The molecule has 0 aliphatic carbocycles. The summed E-state index contributed by atoms with van der Waals surface area (Å²) in [5, 5.41) is 2.85. The van der Waals surface area contributed by atoms with Crippen LogP contribution in [0.3, 0.4) is 0 Å². The van der Waals surface area contributed by atoms with Crippen molar-refractivity contribution in [2.24, 2.45) is 0 Å². The third-order valence-electron chi connectivity index (χ3n) is 4.82. The van der Waals surface area contributed by atoms with Gasteiger partial charge in [-0.25, -0.2) is 0 Å². The summed E-state index contributed by atoms with van der Waals surface area (Å²) in [7, 11) is 1.30. The summed E-state index contributed by atoms with van der Waals surface area (Å²) in [6, 6.07) is 13.2. The second-order valence-corrected chi connectivity index (χ2v) is 6.89. The lowest BCUT2D eigenvalue weighted by Gasteiger charge is -2.19. The fourth-order valence-electron chi connectivity index (χ4n) is 3.17. The van der Waals surface area contributed by atoms with Crippen LogP contribution >= 0.6 is 0 Å². The van der Waals surface area contributed by atoms with Crippen molar-refractivity contribution in [3.05, 3.63) is 65.2 Å². The molecular formula is C22H22N2O5. The maximum atomic E-state index is 12.7. The Bertz CT molecular complexity index is 919. The maximum Gasteiger partial charge on any atom is 0.307 e. The first-order valence-corrected chi connectivity index (χ1v) is 9.29. The van der Waals surface area contributed by atoms with E-state index < -0.39 is 12.0 Å². The fraction of sp³-hybridized carbons (Fsp3) is 0.273. The molecule has 1 atom stereocenters. The summed E-state index contributed by atoms with van der Waals surface area (Å²) in [5.41, 5.74) is 2.66. The first-order valence-electron chi connectivity index (χ1n) is 9.29. The van der Waals surface area contributed by atoms with Crippen molar-refractivity contribution in [3.63, 3.8) is 0 Å². The van der Waals surface area contributed by atoms with Crippen molar-refractivity contribution in [2.75, 3.05) is 12.0 Å². The lowest BCUT2D eigenvalue weighted by atomic mass is 10.0. The summed E-state index contributed by atoms with van der Waals surface area (Å²) in [4.78, 5) is 49.3.